The molecular formula is C21H21ClN2OS. The molecule has 2 aromatic carbocycles. The smallest absolute Gasteiger partial charge is 0.238 e. The van der Waals surface area contributed by atoms with Gasteiger partial charge in [-0.3, -0.25) is 10.1 Å². The maximum absolute atomic E-state index is 12.3. The van der Waals surface area contributed by atoms with Crippen LogP contribution < -0.4 is 10.6 Å². The zero-order valence-electron chi connectivity index (χ0n) is 14.5. The molecule has 0 aliphatic carbocycles. The molecule has 1 heterocycles. The second kappa shape index (κ2) is 8.99. The van der Waals surface area contributed by atoms with Crippen molar-refractivity contribution >= 4 is 34.5 Å². The molecule has 0 unspecified atom stereocenters. The number of carbonyl (C=O) groups is 1. The molecule has 0 spiro atoms. The zero-order valence-corrected chi connectivity index (χ0v) is 16.1. The van der Waals surface area contributed by atoms with Crippen molar-refractivity contribution in [3.8, 4) is 0 Å². The van der Waals surface area contributed by atoms with Gasteiger partial charge in [0.1, 0.15) is 0 Å². The number of carbonyl (C=O) groups excluding carboxylic acids is 1. The lowest BCUT2D eigenvalue weighted by Crippen LogP contribution is -2.31. The monoisotopic (exact) mass is 384 g/mol. The van der Waals surface area contributed by atoms with Crippen molar-refractivity contribution in [1.82, 2.24) is 5.32 Å². The van der Waals surface area contributed by atoms with Crippen LogP contribution in [0.15, 0.2) is 66.0 Å². The van der Waals surface area contributed by atoms with E-state index in [0.29, 0.717) is 10.7 Å². The van der Waals surface area contributed by atoms with Crippen LogP contribution >= 0.6 is 22.9 Å². The lowest BCUT2D eigenvalue weighted by atomic mass is 10.0. The molecule has 2 N–H and O–H groups in total. The summed E-state index contributed by atoms with van der Waals surface area (Å²) in [7, 11) is 0. The first kappa shape index (κ1) is 18.6. The van der Waals surface area contributed by atoms with Crippen LogP contribution in [0.5, 0.6) is 0 Å². The number of hydrogen-bond donors (Lipinski definition) is 2. The Balaban J connectivity index is 1.70. The maximum Gasteiger partial charge on any atom is 0.238 e. The van der Waals surface area contributed by atoms with E-state index in [-0.39, 0.29) is 18.5 Å². The number of thiophene rings is 1. The van der Waals surface area contributed by atoms with Gasteiger partial charge in [0.25, 0.3) is 0 Å². The number of rotatable bonds is 7. The Kier molecular flexibility index (Phi) is 6.45. The number of nitrogens with one attached hydrogen (secondary N) is 2. The fraction of sp³-hybridized carbons (Fsp3) is 0.190. The number of benzene rings is 2. The van der Waals surface area contributed by atoms with E-state index in [0.717, 1.165) is 12.0 Å². The Labute approximate surface area is 163 Å². The molecule has 0 bridgehead atoms. The van der Waals surface area contributed by atoms with Crippen LogP contribution in [0.3, 0.4) is 0 Å². The lowest BCUT2D eigenvalue weighted by molar-refractivity contribution is -0.115. The second-order valence-electron chi connectivity index (χ2n) is 5.95. The van der Waals surface area contributed by atoms with Crippen LogP contribution in [0.2, 0.25) is 5.02 Å². The van der Waals surface area contributed by atoms with Crippen LogP contribution in [-0.4, -0.2) is 12.5 Å². The Morgan fingerprint density at radius 2 is 1.85 bits per heavy atom. The summed E-state index contributed by atoms with van der Waals surface area (Å²) in [5.41, 5.74) is 3.08. The van der Waals surface area contributed by atoms with Crippen LogP contribution in [0.1, 0.15) is 29.0 Å². The standard InChI is InChI=1S/C21H21ClN2OS/c1-2-15-9-11-16(12-10-15)21(19-8-5-13-26-19)23-14-20(25)24-18-7-4-3-6-17(18)22/h3-13,21,23H,2,14H2,1H3,(H,24,25)/t21-/m1/s1. The summed E-state index contributed by atoms with van der Waals surface area (Å²) in [6.07, 6.45) is 1.01. The quantitative estimate of drug-likeness (QED) is 0.581. The van der Waals surface area contributed by atoms with Gasteiger partial charge in [-0.05, 0) is 41.1 Å². The second-order valence-corrected chi connectivity index (χ2v) is 7.34. The highest BCUT2D eigenvalue weighted by Gasteiger charge is 2.16. The van der Waals surface area contributed by atoms with E-state index >= 15 is 0 Å². The fourth-order valence-electron chi connectivity index (χ4n) is 2.74. The van der Waals surface area contributed by atoms with E-state index in [1.807, 2.05) is 23.6 Å². The van der Waals surface area contributed by atoms with Gasteiger partial charge in [0.05, 0.1) is 23.3 Å². The van der Waals surface area contributed by atoms with Gasteiger partial charge in [-0.25, -0.2) is 0 Å². The molecule has 134 valence electrons. The summed E-state index contributed by atoms with van der Waals surface area (Å²) in [6, 6.07) is 19.9. The van der Waals surface area contributed by atoms with E-state index in [2.05, 4.69) is 47.9 Å². The molecule has 0 aliphatic heterocycles. The predicted molar refractivity (Wildman–Crippen MR) is 110 cm³/mol. The summed E-state index contributed by atoms with van der Waals surface area (Å²) in [5.74, 6) is -0.121. The van der Waals surface area contributed by atoms with Gasteiger partial charge in [-0.1, -0.05) is 61.0 Å². The number of halogens is 1. The molecular weight excluding hydrogens is 364 g/mol. The average Bonchev–Trinajstić information content (AvgIpc) is 3.19. The molecule has 1 atom stereocenters. The normalized spacial score (nSPS) is 11.9. The fourth-order valence-corrected chi connectivity index (χ4v) is 3.75. The SMILES string of the molecule is CCc1ccc([C@@H](NCC(=O)Nc2ccccc2Cl)c2cccs2)cc1. The van der Waals surface area contributed by atoms with Crippen LogP contribution in [0.4, 0.5) is 5.69 Å². The number of hydrogen-bond acceptors (Lipinski definition) is 3. The van der Waals surface area contributed by atoms with Gasteiger partial charge in [-0.2, -0.15) is 0 Å². The van der Waals surface area contributed by atoms with E-state index < -0.39 is 0 Å². The highest BCUT2D eigenvalue weighted by molar-refractivity contribution is 7.10. The third-order valence-corrected chi connectivity index (χ3v) is 5.43. The summed E-state index contributed by atoms with van der Waals surface area (Å²) in [5, 5.41) is 8.80. The van der Waals surface area contributed by atoms with Crippen molar-refractivity contribution in [1.29, 1.82) is 0 Å². The summed E-state index contributed by atoms with van der Waals surface area (Å²) >= 11 is 7.78. The van der Waals surface area contributed by atoms with Gasteiger partial charge in [0.15, 0.2) is 0 Å². The first-order valence-corrected chi connectivity index (χ1v) is 9.83. The van der Waals surface area contributed by atoms with Crippen molar-refractivity contribution in [2.24, 2.45) is 0 Å². The maximum atomic E-state index is 12.3. The van der Waals surface area contributed by atoms with Crippen molar-refractivity contribution < 1.29 is 4.79 Å². The van der Waals surface area contributed by atoms with Gasteiger partial charge in [0, 0.05) is 4.88 Å². The molecule has 0 aliphatic rings. The van der Waals surface area contributed by atoms with Crippen LogP contribution in [0, 0.1) is 0 Å². The van der Waals surface area contributed by atoms with E-state index in [1.54, 1.807) is 23.5 Å². The minimum absolute atomic E-state index is 0.0158. The third-order valence-electron chi connectivity index (χ3n) is 4.16. The van der Waals surface area contributed by atoms with Crippen molar-refractivity contribution in [2.45, 2.75) is 19.4 Å². The largest absolute Gasteiger partial charge is 0.324 e. The van der Waals surface area contributed by atoms with E-state index in [1.165, 1.54) is 10.4 Å². The van der Waals surface area contributed by atoms with Crippen molar-refractivity contribution in [3.63, 3.8) is 0 Å². The Morgan fingerprint density at radius 1 is 1.08 bits per heavy atom. The molecule has 0 saturated heterocycles. The molecule has 26 heavy (non-hydrogen) atoms. The first-order chi connectivity index (χ1) is 12.7. The predicted octanol–water partition coefficient (Wildman–Crippen LogP) is 5.28. The molecule has 3 nitrogen and oxygen atoms in total. The third kappa shape index (κ3) is 4.73. The molecule has 3 rings (SSSR count). The zero-order chi connectivity index (χ0) is 18.4. The Bertz CT molecular complexity index is 847. The highest BCUT2D eigenvalue weighted by Crippen LogP contribution is 2.26. The van der Waals surface area contributed by atoms with Crippen molar-refractivity contribution in [2.75, 3.05) is 11.9 Å². The number of para-hydroxylation sites is 1. The van der Waals surface area contributed by atoms with Gasteiger partial charge in [0.2, 0.25) is 5.91 Å². The van der Waals surface area contributed by atoms with Crippen LogP contribution in [0.25, 0.3) is 0 Å². The summed E-state index contributed by atoms with van der Waals surface area (Å²) < 4.78 is 0. The number of aryl methyl sites for hydroxylation is 1. The number of amides is 1. The van der Waals surface area contributed by atoms with Gasteiger partial charge < -0.3 is 5.32 Å². The summed E-state index contributed by atoms with van der Waals surface area (Å²) in [4.78, 5) is 13.5. The average molecular weight is 385 g/mol. The molecule has 1 amide bonds. The van der Waals surface area contributed by atoms with Gasteiger partial charge in [-0.15, -0.1) is 11.3 Å². The topological polar surface area (TPSA) is 41.1 Å². The molecule has 3 aromatic rings. The first-order valence-electron chi connectivity index (χ1n) is 8.57. The minimum atomic E-state index is -0.121. The van der Waals surface area contributed by atoms with E-state index in [9.17, 15) is 4.79 Å². The van der Waals surface area contributed by atoms with E-state index in [4.69, 9.17) is 11.6 Å². The minimum Gasteiger partial charge on any atom is -0.324 e. The molecule has 5 heteroatoms. The molecule has 0 radical (unpaired) electrons. The van der Waals surface area contributed by atoms with Crippen LogP contribution in [-0.2, 0) is 11.2 Å². The lowest BCUT2D eigenvalue weighted by Gasteiger charge is -2.18. The Morgan fingerprint density at radius 3 is 2.50 bits per heavy atom. The summed E-state index contributed by atoms with van der Waals surface area (Å²) in [6.45, 7) is 2.34. The molecule has 1 aromatic heterocycles. The number of anilines is 1. The highest BCUT2D eigenvalue weighted by atomic mass is 35.5. The Hall–Kier alpha value is -2.14. The van der Waals surface area contributed by atoms with Crippen molar-refractivity contribution in [3.05, 3.63) is 87.1 Å². The molecule has 0 fully saturated rings. The van der Waals surface area contributed by atoms with Gasteiger partial charge >= 0.3 is 0 Å². The molecule has 0 saturated carbocycles.